The Hall–Kier alpha value is -2.99. The van der Waals surface area contributed by atoms with Gasteiger partial charge in [0, 0.05) is 23.4 Å². The third-order valence-corrected chi connectivity index (χ3v) is 5.65. The van der Waals surface area contributed by atoms with Gasteiger partial charge >= 0.3 is 11.9 Å². The summed E-state index contributed by atoms with van der Waals surface area (Å²) in [6.45, 7) is 2.57. The SMILES string of the molecule is CCOc1cc(C=C2C(=O)OC3(CCCC3)OC2=O)ccc1OCc1ccccc1Cl. The van der Waals surface area contributed by atoms with E-state index in [1.54, 1.807) is 24.3 Å². The van der Waals surface area contributed by atoms with Gasteiger partial charge in [-0.3, -0.25) is 0 Å². The van der Waals surface area contributed by atoms with Gasteiger partial charge in [0.05, 0.1) is 6.61 Å². The molecule has 0 amide bonds. The van der Waals surface area contributed by atoms with Crippen LogP contribution in [0, 0.1) is 0 Å². The molecule has 1 aliphatic heterocycles. The summed E-state index contributed by atoms with van der Waals surface area (Å²) < 4.78 is 22.5. The van der Waals surface area contributed by atoms with Crippen LogP contribution in [0.2, 0.25) is 5.02 Å². The molecule has 0 aromatic heterocycles. The Labute approximate surface area is 185 Å². The number of carbonyl (C=O) groups excluding carboxylic acids is 2. The van der Waals surface area contributed by atoms with E-state index >= 15 is 0 Å². The van der Waals surface area contributed by atoms with Crippen molar-refractivity contribution in [3.8, 4) is 11.5 Å². The minimum atomic E-state index is -1.08. The van der Waals surface area contributed by atoms with E-state index in [0.717, 1.165) is 18.4 Å². The molecule has 162 valence electrons. The first kappa shape index (κ1) is 21.2. The Balaban J connectivity index is 1.54. The lowest BCUT2D eigenvalue weighted by Gasteiger charge is -2.32. The van der Waals surface area contributed by atoms with Crippen molar-refractivity contribution in [1.82, 2.24) is 0 Å². The molecule has 2 aromatic carbocycles. The molecule has 1 heterocycles. The van der Waals surface area contributed by atoms with Crippen molar-refractivity contribution in [2.75, 3.05) is 6.61 Å². The fraction of sp³-hybridized carbons (Fsp3) is 0.333. The molecule has 2 fully saturated rings. The van der Waals surface area contributed by atoms with E-state index in [1.165, 1.54) is 6.08 Å². The van der Waals surface area contributed by atoms with Crippen LogP contribution in [-0.2, 0) is 25.7 Å². The summed E-state index contributed by atoms with van der Waals surface area (Å²) in [5.41, 5.74) is 1.32. The first-order valence-electron chi connectivity index (χ1n) is 10.3. The minimum absolute atomic E-state index is 0.135. The molecule has 4 rings (SSSR count). The summed E-state index contributed by atoms with van der Waals surface area (Å²) in [4.78, 5) is 25.0. The number of benzene rings is 2. The van der Waals surface area contributed by atoms with E-state index in [2.05, 4.69) is 0 Å². The maximum absolute atomic E-state index is 12.5. The van der Waals surface area contributed by atoms with Crippen molar-refractivity contribution in [3.05, 3.63) is 64.2 Å². The van der Waals surface area contributed by atoms with Crippen LogP contribution in [-0.4, -0.2) is 24.3 Å². The van der Waals surface area contributed by atoms with E-state index in [-0.39, 0.29) is 12.2 Å². The van der Waals surface area contributed by atoms with Gasteiger partial charge in [-0.1, -0.05) is 35.9 Å². The second-order valence-electron chi connectivity index (χ2n) is 7.47. The molecular weight excluding hydrogens is 420 g/mol. The summed E-state index contributed by atoms with van der Waals surface area (Å²) in [5, 5.41) is 0.621. The van der Waals surface area contributed by atoms with E-state index in [4.69, 9.17) is 30.5 Å². The predicted molar refractivity (Wildman–Crippen MR) is 115 cm³/mol. The van der Waals surface area contributed by atoms with Crippen molar-refractivity contribution in [1.29, 1.82) is 0 Å². The number of halogens is 1. The van der Waals surface area contributed by atoms with Crippen molar-refractivity contribution in [2.45, 2.75) is 45.0 Å². The number of ether oxygens (including phenoxy) is 4. The van der Waals surface area contributed by atoms with Crippen LogP contribution in [0.5, 0.6) is 11.5 Å². The fourth-order valence-electron chi connectivity index (χ4n) is 3.73. The number of carbonyl (C=O) groups is 2. The van der Waals surface area contributed by atoms with Gasteiger partial charge in [0.2, 0.25) is 0 Å². The van der Waals surface area contributed by atoms with Crippen molar-refractivity contribution in [3.63, 3.8) is 0 Å². The molecule has 0 unspecified atom stereocenters. The Kier molecular flexibility index (Phi) is 6.18. The van der Waals surface area contributed by atoms with E-state index in [0.29, 0.717) is 41.5 Å². The molecule has 2 aromatic rings. The zero-order chi connectivity index (χ0) is 21.8. The molecule has 7 heteroatoms. The third-order valence-electron chi connectivity index (χ3n) is 5.28. The monoisotopic (exact) mass is 442 g/mol. The number of rotatable bonds is 6. The summed E-state index contributed by atoms with van der Waals surface area (Å²) in [6.07, 6.45) is 4.28. The highest BCUT2D eigenvalue weighted by atomic mass is 35.5. The summed E-state index contributed by atoms with van der Waals surface area (Å²) in [7, 11) is 0. The first-order valence-corrected chi connectivity index (χ1v) is 10.7. The summed E-state index contributed by atoms with van der Waals surface area (Å²) in [5.74, 6) is -1.38. The molecule has 6 nitrogen and oxygen atoms in total. The molecule has 1 spiro atoms. The Morgan fingerprint density at radius 3 is 2.39 bits per heavy atom. The normalized spacial score (nSPS) is 17.3. The van der Waals surface area contributed by atoms with E-state index in [9.17, 15) is 9.59 Å². The average molecular weight is 443 g/mol. The standard InChI is InChI=1S/C24H23ClO6/c1-2-28-21-14-16(9-10-20(21)29-15-17-7-3-4-8-19(17)25)13-18-22(26)30-24(31-23(18)27)11-5-6-12-24/h3-4,7-10,13-14H,2,5-6,11-12,15H2,1H3. The Bertz CT molecular complexity index is 1000. The molecular formula is C24H23ClO6. The lowest BCUT2D eigenvalue weighted by atomic mass is 10.1. The summed E-state index contributed by atoms with van der Waals surface area (Å²) in [6, 6.07) is 12.6. The Morgan fingerprint density at radius 1 is 1.00 bits per heavy atom. The van der Waals surface area contributed by atoms with Gasteiger partial charge in [0.15, 0.2) is 11.5 Å². The number of hydrogen-bond acceptors (Lipinski definition) is 6. The van der Waals surface area contributed by atoms with E-state index in [1.807, 2.05) is 25.1 Å². The smallest absolute Gasteiger partial charge is 0.348 e. The zero-order valence-corrected chi connectivity index (χ0v) is 17.9. The van der Waals surface area contributed by atoms with Crippen LogP contribution in [0.3, 0.4) is 0 Å². The molecule has 1 aliphatic carbocycles. The average Bonchev–Trinajstić information content (AvgIpc) is 3.19. The largest absolute Gasteiger partial charge is 0.490 e. The second-order valence-corrected chi connectivity index (χ2v) is 7.88. The van der Waals surface area contributed by atoms with E-state index < -0.39 is 17.7 Å². The topological polar surface area (TPSA) is 71.1 Å². The number of esters is 2. The van der Waals surface area contributed by atoms with Crippen LogP contribution in [0.15, 0.2) is 48.0 Å². The highest BCUT2D eigenvalue weighted by Crippen LogP contribution is 2.39. The van der Waals surface area contributed by atoms with Crippen molar-refractivity contribution >= 4 is 29.6 Å². The van der Waals surface area contributed by atoms with Crippen LogP contribution in [0.4, 0.5) is 0 Å². The highest BCUT2D eigenvalue weighted by molar-refractivity contribution is 6.31. The van der Waals surface area contributed by atoms with Gasteiger partial charge in [-0.2, -0.15) is 0 Å². The van der Waals surface area contributed by atoms with Crippen molar-refractivity contribution < 1.29 is 28.5 Å². The molecule has 1 saturated heterocycles. The maximum atomic E-state index is 12.5. The molecule has 0 N–H and O–H groups in total. The zero-order valence-electron chi connectivity index (χ0n) is 17.2. The predicted octanol–water partition coefficient (Wildman–Crippen LogP) is 5.07. The molecule has 31 heavy (non-hydrogen) atoms. The second kappa shape index (κ2) is 9.02. The maximum Gasteiger partial charge on any atom is 0.348 e. The quantitative estimate of drug-likeness (QED) is 0.353. The molecule has 2 aliphatic rings. The minimum Gasteiger partial charge on any atom is -0.490 e. The first-order chi connectivity index (χ1) is 15.0. The van der Waals surface area contributed by atoms with Gasteiger partial charge in [0.25, 0.3) is 5.79 Å². The molecule has 0 atom stereocenters. The van der Waals surface area contributed by atoms with Gasteiger partial charge in [0.1, 0.15) is 12.2 Å². The highest BCUT2D eigenvalue weighted by Gasteiger charge is 2.47. The van der Waals surface area contributed by atoms with Crippen LogP contribution >= 0.6 is 11.6 Å². The third kappa shape index (κ3) is 4.69. The van der Waals surface area contributed by atoms with Crippen LogP contribution < -0.4 is 9.47 Å². The van der Waals surface area contributed by atoms with Gasteiger partial charge in [-0.25, -0.2) is 9.59 Å². The van der Waals surface area contributed by atoms with Crippen LogP contribution in [0.25, 0.3) is 6.08 Å². The number of hydrogen-bond donors (Lipinski definition) is 0. The van der Waals surface area contributed by atoms with Crippen LogP contribution in [0.1, 0.15) is 43.7 Å². The van der Waals surface area contributed by atoms with Crippen molar-refractivity contribution in [2.24, 2.45) is 0 Å². The lowest BCUT2D eigenvalue weighted by molar-refractivity contribution is -0.232. The molecule has 0 radical (unpaired) electrons. The van der Waals surface area contributed by atoms with Gasteiger partial charge in [-0.15, -0.1) is 0 Å². The van der Waals surface area contributed by atoms with Gasteiger partial charge < -0.3 is 18.9 Å². The Morgan fingerprint density at radius 2 is 1.71 bits per heavy atom. The molecule has 0 bridgehead atoms. The van der Waals surface area contributed by atoms with Gasteiger partial charge in [-0.05, 0) is 49.6 Å². The lowest BCUT2D eigenvalue weighted by Crippen LogP contribution is -2.44. The fourth-order valence-corrected chi connectivity index (χ4v) is 3.92. The molecule has 1 saturated carbocycles. The summed E-state index contributed by atoms with van der Waals surface area (Å²) >= 11 is 6.19.